The Bertz CT molecular complexity index is 1060. The zero-order valence-corrected chi connectivity index (χ0v) is 25.9. The second-order valence-electron chi connectivity index (χ2n) is 8.74. The molecule has 2 aromatic heterocycles. The normalized spacial score (nSPS) is 19.4. The van der Waals surface area contributed by atoms with Crippen molar-refractivity contribution < 1.29 is 42.5 Å². The first-order chi connectivity index (χ1) is 18.7. The van der Waals surface area contributed by atoms with Crippen LogP contribution in [0.1, 0.15) is 54.2 Å². The molecule has 0 aliphatic carbocycles. The molecule has 1 aliphatic heterocycles. The summed E-state index contributed by atoms with van der Waals surface area (Å²) >= 11 is 0. The number of ether oxygens (including phenoxy) is 1. The summed E-state index contributed by atoms with van der Waals surface area (Å²) in [7, 11) is -9.66. The van der Waals surface area contributed by atoms with Gasteiger partial charge in [-0.1, -0.05) is 41.5 Å². The quantitative estimate of drug-likeness (QED) is 0.219. The summed E-state index contributed by atoms with van der Waals surface area (Å²) in [5.41, 5.74) is 6.19. The van der Waals surface area contributed by atoms with Gasteiger partial charge < -0.3 is 44.4 Å². The Kier molecular flexibility index (Phi) is 16.0. The Morgan fingerprint density at radius 1 is 0.950 bits per heavy atom. The van der Waals surface area contributed by atoms with Crippen molar-refractivity contribution >= 4 is 32.5 Å². The van der Waals surface area contributed by atoms with Crippen LogP contribution in [0.15, 0.2) is 18.6 Å². The van der Waals surface area contributed by atoms with Crippen LogP contribution in [0, 0.1) is 0 Å². The SMILES string of the molecule is CCN(CC)CC.CCN(CC)CC.Nc1ncnc2c1ccn2[C@H]1C[C@H](OP(=O)(O)O)[C@@H](COP(=O)(O)O)O1. The van der Waals surface area contributed by atoms with Crippen molar-refractivity contribution in [2.45, 2.75) is 66.4 Å². The zero-order valence-electron chi connectivity index (χ0n) is 24.2. The molecule has 1 fully saturated rings. The molecule has 0 unspecified atom stereocenters. The van der Waals surface area contributed by atoms with Gasteiger partial charge in [-0.3, -0.25) is 9.05 Å². The van der Waals surface area contributed by atoms with E-state index in [-0.39, 0.29) is 12.2 Å². The van der Waals surface area contributed by atoms with Crippen LogP contribution < -0.4 is 5.73 Å². The van der Waals surface area contributed by atoms with E-state index in [2.05, 4.69) is 70.4 Å². The van der Waals surface area contributed by atoms with Crippen LogP contribution in [0.4, 0.5) is 5.82 Å². The van der Waals surface area contributed by atoms with Crippen molar-refractivity contribution in [2.24, 2.45) is 0 Å². The van der Waals surface area contributed by atoms with E-state index in [0.29, 0.717) is 11.0 Å². The Labute approximate surface area is 236 Å². The first-order valence-corrected chi connectivity index (χ1v) is 16.4. The van der Waals surface area contributed by atoms with E-state index < -0.39 is 40.7 Å². The third-order valence-corrected chi connectivity index (χ3v) is 7.42. The second-order valence-corrected chi connectivity index (χ2v) is 11.2. The lowest BCUT2D eigenvalue weighted by atomic mass is 10.2. The van der Waals surface area contributed by atoms with Crippen LogP contribution in [0.3, 0.4) is 0 Å². The number of nitrogens with zero attached hydrogens (tertiary/aromatic N) is 5. The first-order valence-electron chi connectivity index (χ1n) is 13.3. The molecule has 0 saturated carbocycles. The molecule has 1 saturated heterocycles. The van der Waals surface area contributed by atoms with E-state index >= 15 is 0 Å². The second kappa shape index (κ2) is 17.5. The highest BCUT2D eigenvalue weighted by molar-refractivity contribution is 7.46. The minimum Gasteiger partial charge on any atom is -0.383 e. The molecule has 3 rings (SSSR count). The van der Waals surface area contributed by atoms with E-state index in [1.165, 1.54) is 45.6 Å². The number of nitrogen functional groups attached to an aromatic ring is 1. The van der Waals surface area contributed by atoms with E-state index in [9.17, 15) is 9.13 Å². The predicted octanol–water partition coefficient (Wildman–Crippen LogP) is 2.58. The highest BCUT2D eigenvalue weighted by Gasteiger charge is 2.42. The van der Waals surface area contributed by atoms with Gasteiger partial charge in [-0.15, -0.1) is 0 Å². The van der Waals surface area contributed by atoms with Crippen LogP contribution >= 0.6 is 15.6 Å². The Morgan fingerprint density at radius 2 is 1.48 bits per heavy atom. The fourth-order valence-electron chi connectivity index (χ4n) is 4.04. The summed E-state index contributed by atoms with van der Waals surface area (Å²) in [6.45, 7) is 19.6. The lowest BCUT2D eigenvalue weighted by Gasteiger charge is -2.19. The summed E-state index contributed by atoms with van der Waals surface area (Å²) in [6.07, 6.45) is -0.236. The maximum Gasteiger partial charge on any atom is 0.469 e. The van der Waals surface area contributed by atoms with Gasteiger partial charge in [-0.25, -0.2) is 19.1 Å². The monoisotopic (exact) mass is 612 g/mol. The summed E-state index contributed by atoms with van der Waals surface area (Å²) < 4.78 is 38.3. The van der Waals surface area contributed by atoms with E-state index in [1.54, 1.807) is 16.8 Å². The predicted molar refractivity (Wildman–Crippen MR) is 152 cm³/mol. The highest BCUT2D eigenvalue weighted by Crippen LogP contribution is 2.45. The van der Waals surface area contributed by atoms with Crippen LogP contribution in [0.5, 0.6) is 0 Å². The molecular weight excluding hydrogens is 566 g/mol. The molecule has 0 aromatic carbocycles. The first kappa shape index (κ1) is 36.5. The van der Waals surface area contributed by atoms with Crippen LogP contribution in [-0.2, 0) is 22.9 Å². The summed E-state index contributed by atoms with van der Waals surface area (Å²) in [4.78, 5) is 48.4. The zero-order chi connectivity index (χ0) is 30.5. The van der Waals surface area contributed by atoms with Crippen LogP contribution in [-0.4, -0.2) is 102 Å². The Hall–Kier alpha value is -1.48. The lowest BCUT2D eigenvalue weighted by molar-refractivity contribution is -0.0416. The minimum absolute atomic E-state index is 0.0199. The van der Waals surface area contributed by atoms with Crippen molar-refractivity contribution in [3.05, 3.63) is 18.6 Å². The maximum atomic E-state index is 11.2. The standard InChI is InChI=1S/C11H16N4O9P2.2C6H15N/c12-10-6-1-2-15(11(6)14-5-13-10)9-3-7(24-26(19,20)21)8(23-9)4-22-25(16,17)18;2*1-4-7(5-2)6-3/h1-2,5,7-9H,3-4H2,(H2,12,13,14)(H2,16,17,18)(H2,19,20,21);2*4-6H2,1-3H3/t7-,8+,9+;;/m0../s1. The van der Waals surface area contributed by atoms with Gasteiger partial charge in [0.2, 0.25) is 0 Å². The fourth-order valence-corrected chi connectivity index (χ4v) is 4.96. The van der Waals surface area contributed by atoms with Gasteiger partial charge in [0.15, 0.2) is 0 Å². The van der Waals surface area contributed by atoms with Crippen molar-refractivity contribution in [3.8, 4) is 0 Å². The summed E-state index contributed by atoms with van der Waals surface area (Å²) in [6, 6.07) is 1.65. The van der Waals surface area contributed by atoms with Crippen molar-refractivity contribution in [3.63, 3.8) is 0 Å². The minimum atomic E-state index is -4.86. The number of phosphoric acid groups is 2. The molecule has 0 radical (unpaired) electrons. The molecule has 3 heterocycles. The third-order valence-electron chi connectivity index (χ3n) is 6.39. The highest BCUT2D eigenvalue weighted by atomic mass is 31.2. The van der Waals surface area contributed by atoms with Gasteiger partial charge >= 0.3 is 15.6 Å². The van der Waals surface area contributed by atoms with Crippen LogP contribution in [0.2, 0.25) is 0 Å². The molecule has 0 spiro atoms. The van der Waals surface area contributed by atoms with Crippen molar-refractivity contribution in [2.75, 3.05) is 51.6 Å². The number of rotatable bonds is 12. The van der Waals surface area contributed by atoms with Crippen molar-refractivity contribution in [1.29, 1.82) is 0 Å². The van der Waals surface area contributed by atoms with Gasteiger partial charge in [0, 0.05) is 12.6 Å². The number of anilines is 1. The molecule has 3 atom stereocenters. The molecule has 1 aliphatic rings. The maximum absolute atomic E-state index is 11.2. The molecule has 2 aromatic rings. The topological polar surface area (TPSA) is 206 Å². The number of aromatic nitrogens is 3. The number of hydrogen-bond donors (Lipinski definition) is 5. The molecule has 17 heteroatoms. The van der Waals surface area contributed by atoms with Gasteiger partial charge in [-0.05, 0) is 45.3 Å². The fraction of sp³-hybridized carbons (Fsp3) is 0.739. The molecule has 15 nitrogen and oxygen atoms in total. The van der Waals surface area contributed by atoms with E-state index in [4.69, 9.17) is 30.0 Å². The molecule has 6 N–H and O–H groups in total. The average Bonchev–Trinajstić information content (AvgIpc) is 3.49. The number of fused-ring (bicyclic) bond motifs is 1. The van der Waals surface area contributed by atoms with Crippen LogP contribution in [0.25, 0.3) is 11.0 Å². The number of nitrogens with two attached hydrogens (primary N) is 1. The Balaban J connectivity index is 0.000000473. The molecule has 232 valence electrons. The number of hydrogen-bond acceptors (Lipinski definition) is 10. The lowest BCUT2D eigenvalue weighted by Crippen LogP contribution is -2.28. The summed E-state index contributed by atoms with van der Waals surface area (Å²) in [5.74, 6) is 0.246. The smallest absolute Gasteiger partial charge is 0.383 e. The van der Waals surface area contributed by atoms with Gasteiger partial charge in [0.1, 0.15) is 36.2 Å². The van der Waals surface area contributed by atoms with Gasteiger partial charge in [0.05, 0.1) is 12.0 Å². The number of phosphoric ester groups is 2. The molecular formula is C23H46N6O9P2. The Morgan fingerprint density at radius 3 is 1.90 bits per heavy atom. The summed E-state index contributed by atoms with van der Waals surface area (Å²) in [5, 5.41) is 0.554. The average molecular weight is 613 g/mol. The molecule has 0 amide bonds. The van der Waals surface area contributed by atoms with Gasteiger partial charge in [-0.2, -0.15) is 0 Å². The third kappa shape index (κ3) is 12.6. The molecule has 0 bridgehead atoms. The van der Waals surface area contributed by atoms with Crippen molar-refractivity contribution in [1.82, 2.24) is 24.3 Å². The van der Waals surface area contributed by atoms with Gasteiger partial charge in [0.25, 0.3) is 0 Å². The van der Waals surface area contributed by atoms with E-state index in [1.807, 2.05) is 0 Å². The molecule has 40 heavy (non-hydrogen) atoms. The largest absolute Gasteiger partial charge is 0.469 e. The van der Waals surface area contributed by atoms with E-state index in [0.717, 1.165) is 0 Å².